The number of aryl methyl sites for hydroxylation is 1. The van der Waals surface area contributed by atoms with E-state index in [-0.39, 0.29) is 18.4 Å². The number of fused-ring (bicyclic) bond motifs is 1. The molecular weight excluding hydrogens is 400 g/mol. The van der Waals surface area contributed by atoms with Crippen LogP contribution in [0.15, 0.2) is 30.6 Å². The van der Waals surface area contributed by atoms with E-state index in [1.54, 1.807) is 0 Å². The van der Waals surface area contributed by atoms with Gasteiger partial charge in [-0.05, 0) is 12.1 Å². The topological polar surface area (TPSA) is 66.0 Å². The molecule has 2 rings (SSSR count). The number of rotatable bonds is 1. The highest BCUT2D eigenvalue weighted by Gasteiger charge is 2.42. The van der Waals surface area contributed by atoms with Crippen molar-refractivity contribution in [1.82, 2.24) is 4.34 Å². The maximum absolute atomic E-state index is 10.7. The Morgan fingerprint density at radius 1 is 1.00 bits per heavy atom. The molecule has 27 heavy (non-hydrogen) atoms. The molecule has 0 bridgehead atoms. The van der Waals surface area contributed by atoms with E-state index in [9.17, 15) is 13.2 Å². The van der Waals surface area contributed by atoms with Gasteiger partial charge in [-0.25, -0.2) is 17.3 Å². The third-order valence-corrected chi connectivity index (χ3v) is 7.42. The van der Waals surface area contributed by atoms with Crippen LogP contribution in [-0.4, -0.2) is 33.1 Å². The summed E-state index contributed by atoms with van der Waals surface area (Å²) in [7, 11) is -4.27. The monoisotopic (exact) mass is 426 g/mol. The molecule has 1 aromatic heterocycles. The van der Waals surface area contributed by atoms with Gasteiger partial charge in [0.05, 0.1) is 7.05 Å². The van der Waals surface area contributed by atoms with Crippen molar-refractivity contribution in [2.45, 2.75) is 57.4 Å². The minimum atomic E-state index is -6.09. The van der Waals surface area contributed by atoms with Crippen LogP contribution < -0.4 is 4.57 Å². The Bertz CT molecular complexity index is 881. The molecule has 0 atom stereocenters. The number of hydrogen-bond donors (Lipinski definition) is 0. The number of alkyl halides is 3. The molecule has 0 spiro atoms. The Morgan fingerprint density at radius 2 is 1.41 bits per heavy atom. The summed E-state index contributed by atoms with van der Waals surface area (Å²) in [5.74, 6) is 0. The molecule has 0 saturated carbocycles. The van der Waals surface area contributed by atoms with Crippen molar-refractivity contribution in [3.8, 4) is 0 Å². The molecule has 0 amide bonds. The summed E-state index contributed by atoms with van der Waals surface area (Å²) in [6, 6.07) is 8.69. The number of hydrogen-bond acceptors (Lipinski definition) is 3. The first-order chi connectivity index (χ1) is 11.9. The zero-order valence-corrected chi connectivity index (χ0v) is 18.2. The average Bonchev–Trinajstić information content (AvgIpc) is 2.72. The number of para-hydroxylation sites is 2. The standard InChI is InChI=1S/C16H26N2P.CHF3O3S/c1-15(2,3)19(16(4,5)6)18-12-17(7)13-10-8-9-11-14(13)18;2-1(3,4)8(5,6)7/h8-12H,1-7H3;(H,5,6,7)/q+1;/p-1. The van der Waals surface area contributed by atoms with Crippen molar-refractivity contribution in [1.29, 1.82) is 0 Å². The van der Waals surface area contributed by atoms with Gasteiger partial charge in [-0.15, -0.1) is 0 Å². The third-order valence-electron chi connectivity index (χ3n) is 3.56. The molecular formula is C17H26F3N2O3PS. The molecule has 0 aliphatic carbocycles. The molecule has 0 N–H and O–H groups in total. The van der Waals surface area contributed by atoms with Gasteiger partial charge in [-0.3, -0.25) is 0 Å². The first-order valence-electron chi connectivity index (χ1n) is 8.16. The second-order valence-electron chi connectivity index (χ2n) is 8.11. The van der Waals surface area contributed by atoms with E-state index in [0.29, 0.717) is 0 Å². The van der Waals surface area contributed by atoms with Crippen molar-refractivity contribution in [3.05, 3.63) is 30.6 Å². The molecule has 0 radical (unpaired) electrons. The van der Waals surface area contributed by atoms with Crippen LogP contribution in [0.4, 0.5) is 13.2 Å². The second-order valence-corrected chi connectivity index (χ2v) is 13.2. The lowest BCUT2D eigenvalue weighted by molar-refractivity contribution is -0.645. The molecule has 0 saturated heterocycles. The van der Waals surface area contributed by atoms with Crippen LogP contribution >= 0.6 is 8.07 Å². The third kappa shape index (κ3) is 5.90. The second kappa shape index (κ2) is 7.68. The quantitative estimate of drug-likeness (QED) is 0.295. The van der Waals surface area contributed by atoms with E-state index >= 15 is 0 Å². The van der Waals surface area contributed by atoms with E-state index in [2.05, 4.69) is 88.1 Å². The van der Waals surface area contributed by atoms with Crippen LogP contribution in [0.25, 0.3) is 11.0 Å². The van der Waals surface area contributed by atoms with Gasteiger partial charge >= 0.3 is 5.51 Å². The van der Waals surface area contributed by atoms with Crippen LogP contribution in [0.1, 0.15) is 41.5 Å². The number of benzene rings is 1. The van der Waals surface area contributed by atoms with Gasteiger partial charge in [0.25, 0.3) is 0 Å². The highest BCUT2D eigenvalue weighted by Crippen LogP contribution is 2.60. The summed E-state index contributed by atoms with van der Waals surface area (Å²) in [6.07, 6.45) is 2.27. The fourth-order valence-corrected chi connectivity index (χ4v) is 7.00. The van der Waals surface area contributed by atoms with Crippen LogP contribution in [-0.2, 0) is 17.2 Å². The molecule has 10 heteroatoms. The summed E-state index contributed by atoms with van der Waals surface area (Å²) in [4.78, 5) is 0. The van der Waals surface area contributed by atoms with E-state index in [1.165, 1.54) is 11.0 Å². The van der Waals surface area contributed by atoms with Crippen molar-refractivity contribution >= 4 is 29.2 Å². The number of imidazole rings is 1. The summed E-state index contributed by atoms with van der Waals surface area (Å²) in [5, 5.41) is 0.560. The van der Waals surface area contributed by atoms with E-state index in [4.69, 9.17) is 13.0 Å². The highest BCUT2D eigenvalue weighted by molar-refractivity contribution is 7.86. The van der Waals surface area contributed by atoms with Crippen LogP contribution in [0.3, 0.4) is 0 Å². The number of nitrogens with zero attached hydrogens (tertiary/aromatic N) is 2. The van der Waals surface area contributed by atoms with E-state index in [0.717, 1.165) is 0 Å². The maximum Gasteiger partial charge on any atom is 0.485 e. The smallest absolute Gasteiger partial charge is 0.485 e. The number of halogens is 3. The van der Waals surface area contributed by atoms with Gasteiger partial charge in [0.1, 0.15) is 8.07 Å². The van der Waals surface area contributed by atoms with Gasteiger partial charge < -0.3 is 4.55 Å². The molecule has 1 heterocycles. The zero-order valence-electron chi connectivity index (χ0n) is 16.5. The maximum atomic E-state index is 10.7. The lowest BCUT2D eigenvalue weighted by Crippen LogP contribution is -2.30. The van der Waals surface area contributed by atoms with Crippen LogP contribution in [0.5, 0.6) is 0 Å². The fraction of sp³-hybridized carbons (Fsp3) is 0.588. The zero-order chi connectivity index (χ0) is 21.4. The van der Waals surface area contributed by atoms with Crippen molar-refractivity contribution in [2.24, 2.45) is 7.05 Å². The van der Waals surface area contributed by atoms with Gasteiger partial charge in [0, 0.05) is 10.3 Å². The molecule has 0 unspecified atom stereocenters. The average molecular weight is 426 g/mol. The molecule has 1 aromatic carbocycles. The van der Waals surface area contributed by atoms with Gasteiger partial charge in [0.15, 0.2) is 21.2 Å². The predicted molar refractivity (Wildman–Crippen MR) is 101 cm³/mol. The van der Waals surface area contributed by atoms with Crippen molar-refractivity contribution < 1.29 is 30.7 Å². The summed E-state index contributed by atoms with van der Waals surface area (Å²) in [5.41, 5.74) is -2.99. The molecule has 5 nitrogen and oxygen atoms in total. The van der Waals surface area contributed by atoms with Crippen molar-refractivity contribution in [3.63, 3.8) is 0 Å². The predicted octanol–water partition coefficient (Wildman–Crippen LogP) is 4.36. The van der Waals surface area contributed by atoms with Crippen molar-refractivity contribution in [2.75, 3.05) is 0 Å². The first-order valence-corrected chi connectivity index (χ1v) is 10.9. The Balaban J connectivity index is 0.000000387. The molecule has 0 fully saturated rings. The van der Waals surface area contributed by atoms with Gasteiger partial charge in [0.2, 0.25) is 6.33 Å². The summed E-state index contributed by atoms with van der Waals surface area (Å²) < 4.78 is 63.7. The van der Waals surface area contributed by atoms with Gasteiger partial charge in [-0.2, -0.15) is 13.2 Å². The Hall–Kier alpha value is -1.18. The minimum Gasteiger partial charge on any atom is -0.741 e. The van der Waals surface area contributed by atoms with Crippen LogP contribution in [0, 0.1) is 0 Å². The van der Waals surface area contributed by atoms with Gasteiger partial charge in [-0.1, -0.05) is 53.7 Å². The van der Waals surface area contributed by atoms with E-state index in [1.807, 2.05) is 0 Å². The number of aromatic nitrogens is 2. The molecule has 0 aliphatic rings. The highest BCUT2D eigenvalue weighted by atomic mass is 32.2. The molecule has 2 aromatic rings. The fourth-order valence-electron chi connectivity index (χ4n) is 3.06. The normalized spacial score (nSPS) is 13.6. The first kappa shape index (κ1) is 23.9. The van der Waals surface area contributed by atoms with E-state index < -0.39 is 15.6 Å². The summed E-state index contributed by atoms with van der Waals surface area (Å²) >= 11 is 0. The largest absolute Gasteiger partial charge is 0.741 e. The lowest BCUT2D eigenvalue weighted by Gasteiger charge is -2.37. The lowest BCUT2D eigenvalue weighted by atomic mass is 10.2. The Kier molecular flexibility index (Phi) is 6.79. The SMILES string of the molecule is C[n+]1cn(P(C(C)(C)C)C(C)(C)C)c2ccccc21.O=S(=O)([O-])C(F)(F)F. The minimum absolute atomic E-state index is 0.280. The van der Waals surface area contributed by atoms with Crippen LogP contribution in [0.2, 0.25) is 0 Å². The summed E-state index contributed by atoms with van der Waals surface area (Å²) in [6.45, 7) is 14.2. The molecule has 154 valence electrons. The Labute approximate surface area is 159 Å². The Morgan fingerprint density at radius 3 is 1.78 bits per heavy atom. The molecule has 0 aliphatic heterocycles.